The summed E-state index contributed by atoms with van der Waals surface area (Å²) in [5, 5.41) is 7.48. The van der Waals surface area contributed by atoms with Crippen LogP contribution in [-0.4, -0.2) is 44.9 Å². The molecule has 0 aliphatic rings. The molecule has 174 valence electrons. The Hall–Kier alpha value is -3.54. The lowest BCUT2D eigenvalue weighted by Gasteiger charge is -2.21. The average molecular weight is 483 g/mol. The predicted molar refractivity (Wildman–Crippen MR) is 111 cm³/mol. The van der Waals surface area contributed by atoms with Gasteiger partial charge in [0, 0.05) is 36.1 Å². The smallest absolute Gasteiger partial charge is 0.416 e. The summed E-state index contributed by atoms with van der Waals surface area (Å²) in [6.07, 6.45) is -1.66. The number of hydrogen-bond donors (Lipinski definition) is 0. The van der Waals surface area contributed by atoms with Crippen LogP contribution in [0.3, 0.4) is 0 Å². The summed E-state index contributed by atoms with van der Waals surface area (Å²) in [7, 11) is -1.45. The number of nitrogens with zero attached hydrogens (tertiary/aromatic N) is 3. The molecule has 1 aromatic heterocycles. The molecule has 0 atom stereocenters. The van der Waals surface area contributed by atoms with E-state index in [2.05, 4.69) is 10.2 Å². The lowest BCUT2D eigenvalue weighted by atomic mass is 10.0. The van der Waals surface area contributed by atoms with Crippen molar-refractivity contribution >= 4 is 21.4 Å². The van der Waals surface area contributed by atoms with Crippen LogP contribution in [0.25, 0.3) is 11.1 Å². The van der Waals surface area contributed by atoms with Crippen LogP contribution in [0.5, 0.6) is 5.75 Å². The highest BCUT2D eigenvalue weighted by atomic mass is 32.2. The third-order valence-electron chi connectivity index (χ3n) is 4.74. The molecule has 2 aromatic carbocycles. The van der Waals surface area contributed by atoms with E-state index in [1.54, 1.807) is 0 Å². The summed E-state index contributed by atoms with van der Waals surface area (Å²) in [4.78, 5) is 13.5. The topological polar surface area (TPSA) is 89.5 Å². The van der Waals surface area contributed by atoms with Crippen LogP contribution in [0.15, 0.2) is 53.7 Å². The number of methoxy groups -OCH3 is 1. The molecule has 1 heterocycles. The minimum absolute atomic E-state index is 0.123. The highest BCUT2D eigenvalue weighted by Gasteiger charge is 2.33. The number of sulfone groups is 1. The number of hydrogen-bond acceptors (Lipinski definition) is 6. The fourth-order valence-corrected chi connectivity index (χ4v) is 3.76. The number of carbonyl (C=O) groups excluding carboxylic acids is 1. The van der Waals surface area contributed by atoms with Gasteiger partial charge >= 0.3 is 6.18 Å². The van der Waals surface area contributed by atoms with E-state index in [4.69, 9.17) is 4.74 Å². The Balaban J connectivity index is 2.14. The maximum atomic E-state index is 13.6. The van der Waals surface area contributed by atoms with Crippen LogP contribution >= 0.6 is 0 Å². The van der Waals surface area contributed by atoms with Crippen molar-refractivity contribution in [2.24, 2.45) is 0 Å². The molecule has 0 saturated heterocycles. The Kier molecular flexibility index (Phi) is 6.41. The van der Waals surface area contributed by atoms with Crippen LogP contribution < -0.4 is 9.64 Å². The number of amides is 1. The van der Waals surface area contributed by atoms with Crippen LogP contribution in [-0.2, 0) is 16.0 Å². The van der Waals surface area contributed by atoms with Crippen LogP contribution in [0.1, 0.15) is 15.9 Å². The van der Waals surface area contributed by atoms with Gasteiger partial charge in [-0.1, -0.05) is 0 Å². The number of anilines is 1. The van der Waals surface area contributed by atoms with E-state index < -0.39 is 43.8 Å². The highest BCUT2D eigenvalue weighted by molar-refractivity contribution is 7.90. The van der Waals surface area contributed by atoms with E-state index in [-0.39, 0.29) is 17.0 Å². The largest absolute Gasteiger partial charge is 0.496 e. The zero-order chi connectivity index (χ0) is 24.6. The third-order valence-corrected chi connectivity index (χ3v) is 5.83. The van der Waals surface area contributed by atoms with Crippen molar-refractivity contribution in [3.63, 3.8) is 0 Å². The highest BCUT2D eigenvalue weighted by Crippen LogP contribution is 2.37. The van der Waals surface area contributed by atoms with Crippen LogP contribution in [0, 0.1) is 5.82 Å². The summed E-state index contributed by atoms with van der Waals surface area (Å²) >= 11 is 0. The minimum Gasteiger partial charge on any atom is -0.496 e. The molecule has 7 nitrogen and oxygen atoms in total. The maximum Gasteiger partial charge on any atom is 0.416 e. The van der Waals surface area contributed by atoms with Gasteiger partial charge in [0.15, 0.2) is 9.84 Å². The van der Waals surface area contributed by atoms with Crippen molar-refractivity contribution in [2.75, 3.05) is 25.3 Å². The Morgan fingerprint density at radius 3 is 2.30 bits per heavy atom. The number of aromatic nitrogens is 2. The first-order chi connectivity index (χ1) is 15.3. The van der Waals surface area contributed by atoms with Crippen molar-refractivity contribution < 1.29 is 35.5 Å². The monoisotopic (exact) mass is 483 g/mol. The molecule has 12 heteroatoms. The molecule has 33 heavy (non-hydrogen) atoms. The summed E-state index contributed by atoms with van der Waals surface area (Å²) < 4.78 is 82.6. The first-order valence-corrected chi connectivity index (χ1v) is 11.1. The van der Waals surface area contributed by atoms with Gasteiger partial charge < -0.3 is 9.64 Å². The van der Waals surface area contributed by atoms with Gasteiger partial charge in [0.25, 0.3) is 5.91 Å². The molecule has 0 radical (unpaired) electrons. The Labute approximate surface area is 186 Å². The average Bonchev–Trinajstić information content (AvgIpc) is 2.76. The Bertz CT molecular complexity index is 1330. The van der Waals surface area contributed by atoms with Gasteiger partial charge in [-0.15, -0.1) is 0 Å². The van der Waals surface area contributed by atoms with Gasteiger partial charge in [-0.2, -0.15) is 23.4 Å². The zero-order valence-corrected chi connectivity index (χ0v) is 18.3. The van der Waals surface area contributed by atoms with Crippen molar-refractivity contribution in [1.29, 1.82) is 0 Å². The van der Waals surface area contributed by atoms with Gasteiger partial charge in [0.05, 0.1) is 35.6 Å². The van der Waals surface area contributed by atoms with Gasteiger partial charge in [-0.25, -0.2) is 12.8 Å². The van der Waals surface area contributed by atoms with E-state index >= 15 is 0 Å². The third kappa shape index (κ3) is 5.11. The predicted octanol–water partition coefficient (Wildman–Crippen LogP) is 3.99. The first-order valence-electron chi connectivity index (χ1n) is 9.18. The van der Waals surface area contributed by atoms with E-state index in [0.29, 0.717) is 17.7 Å². The lowest BCUT2D eigenvalue weighted by Crippen LogP contribution is -2.27. The number of alkyl halides is 3. The molecule has 0 N–H and O–H groups in total. The number of benzene rings is 2. The fourth-order valence-electron chi connectivity index (χ4n) is 3.08. The van der Waals surface area contributed by atoms with Crippen molar-refractivity contribution in [2.45, 2.75) is 11.1 Å². The number of rotatable bonds is 5. The first kappa shape index (κ1) is 24.1. The molecule has 0 aliphatic heterocycles. The van der Waals surface area contributed by atoms with Crippen molar-refractivity contribution in [1.82, 2.24) is 10.2 Å². The van der Waals surface area contributed by atoms with Crippen LogP contribution in [0.2, 0.25) is 0 Å². The normalized spacial score (nSPS) is 11.8. The van der Waals surface area contributed by atoms with E-state index in [1.165, 1.54) is 32.6 Å². The summed E-state index contributed by atoms with van der Waals surface area (Å²) in [6, 6.07) is 5.58. The molecular weight excluding hydrogens is 466 g/mol. The Morgan fingerprint density at radius 2 is 1.70 bits per heavy atom. The second-order valence-electron chi connectivity index (χ2n) is 7.01. The lowest BCUT2D eigenvalue weighted by molar-refractivity contribution is -0.137. The van der Waals surface area contributed by atoms with Crippen molar-refractivity contribution in [3.8, 4) is 16.9 Å². The van der Waals surface area contributed by atoms with Crippen LogP contribution in [0.4, 0.5) is 23.2 Å². The van der Waals surface area contributed by atoms with E-state index in [1.807, 2.05) is 0 Å². The molecule has 0 spiro atoms. The van der Waals surface area contributed by atoms with Gasteiger partial charge in [-0.05, 0) is 30.3 Å². The van der Waals surface area contributed by atoms with Crippen molar-refractivity contribution in [3.05, 3.63) is 65.7 Å². The standard InChI is InChI=1S/C21H17F4N3O4S/c1-28(18-11-27-26-10-17(18)16-5-4-14(22)9-19(16)32-2)20(29)12-6-13(21(23,24)25)8-15(7-12)33(3,30)31/h4-11H,1-3H3. The molecule has 0 aliphatic carbocycles. The molecule has 3 aromatic rings. The molecule has 0 bridgehead atoms. The molecule has 0 unspecified atom stereocenters. The maximum absolute atomic E-state index is 13.6. The second kappa shape index (κ2) is 8.77. The molecule has 0 saturated carbocycles. The summed E-state index contributed by atoms with van der Waals surface area (Å²) in [5.41, 5.74) is -1.02. The summed E-state index contributed by atoms with van der Waals surface area (Å²) in [6.45, 7) is 0. The second-order valence-corrected chi connectivity index (χ2v) is 9.03. The van der Waals surface area contributed by atoms with Gasteiger partial charge in [0.1, 0.15) is 11.6 Å². The molecular formula is C21H17F4N3O4S. The quantitative estimate of drug-likeness (QED) is 0.510. The van der Waals surface area contributed by atoms with Gasteiger partial charge in [0.2, 0.25) is 0 Å². The zero-order valence-electron chi connectivity index (χ0n) is 17.5. The molecule has 3 rings (SSSR count). The molecule has 0 fully saturated rings. The summed E-state index contributed by atoms with van der Waals surface area (Å²) in [5.74, 6) is -1.37. The van der Waals surface area contributed by atoms with Gasteiger partial charge in [-0.3, -0.25) is 4.79 Å². The Morgan fingerprint density at radius 1 is 1.03 bits per heavy atom. The SMILES string of the molecule is COc1cc(F)ccc1-c1cnncc1N(C)C(=O)c1cc(C(F)(F)F)cc(S(C)(=O)=O)c1. The number of halogens is 4. The number of carbonyl (C=O) groups is 1. The fraction of sp³-hybridized carbons (Fsp3) is 0.190. The number of ether oxygens (including phenoxy) is 1. The van der Waals surface area contributed by atoms with E-state index in [0.717, 1.165) is 29.4 Å². The minimum atomic E-state index is -4.88. The molecule has 1 amide bonds. The van der Waals surface area contributed by atoms with E-state index in [9.17, 15) is 30.8 Å².